The lowest BCUT2D eigenvalue weighted by Crippen LogP contribution is -2.10. The summed E-state index contributed by atoms with van der Waals surface area (Å²) in [5, 5.41) is 7.15. The number of furan rings is 1. The van der Waals surface area contributed by atoms with Crippen LogP contribution in [0.5, 0.6) is 0 Å². The summed E-state index contributed by atoms with van der Waals surface area (Å²) >= 11 is 0. The second-order valence-corrected chi connectivity index (χ2v) is 12.6. The lowest BCUT2D eigenvalue weighted by molar-refractivity contribution is 0.669. The second kappa shape index (κ2) is 11.0. The summed E-state index contributed by atoms with van der Waals surface area (Å²) < 4.78 is 8.47. The number of rotatable bonds is 5. The number of hydrogen-bond acceptors (Lipinski definition) is 2. The lowest BCUT2D eigenvalue weighted by Gasteiger charge is -2.27. The number of hydrogen-bond donors (Lipinski definition) is 0. The van der Waals surface area contributed by atoms with Crippen LogP contribution in [0, 0.1) is 0 Å². The molecule has 2 aromatic heterocycles. The number of fused-ring (bicyclic) bond motifs is 7. The molecule has 0 spiro atoms. The van der Waals surface area contributed by atoms with Gasteiger partial charge in [0.25, 0.3) is 0 Å². The normalized spacial score (nSPS) is 11.7. The lowest BCUT2D eigenvalue weighted by atomic mass is 10.0. The minimum absolute atomic E-state index is 0.910. The highest BCUT2D eigenvalue weighted by atomic mass is 16.3. The van der Waals surface area contributed by atoms with Crippen LogP contribution in [-0.2, 0) is 0 Å². The van der Waals surface area contributed by atoms with E-state index in [9.17, 15) is 0 Å². The van der Waals surface area contributed by atoms with Crippen LogP contribution < -0.4 is 4.90 Å². The van der Waals surface area contributed by atoms with Crippen molar-refractivity contribution in [2.24, 2.45) is 0 Å². The maximum absolute atomic E-state index is 6.10. The van der Waals surface area contributed by atoms with Gasteiger partial charge in [-0.25, -0.2) is 0 Å². The molecule has 0 bridgehead atoms. The second-order valence-electron chi connectivity index (χ2n) is 12.6. The average Bonchev–Trinajstić information content (AvgIpc) is 3.71. The molecule has 8 aromatic carbocycles. The molecule has 0 aliphatic rings. The molecule has 0 aliphatic carbocycles. The van der Waals surface area contributed by atoms with Crippen molar-refractivity contribution in [1.29, 1.82) is 0 Å². The Morgan fingerprint density at radius 1 is 0.388 bits per heavy atom. The molecule has 230 valence electrons. The summed E-state index contributed by atoms with van der Waals surface area (Å²) in [7, 11) is 0. The van der Waals surface area contributed by atoms with Crippen LogP contribution in [0.1, 0.15) is 0 Å². The molecule has 3 heteroatoms. The molecule has 0 N–H and O–H groups in total. The molecule has 0 amide bonds. The van der Waals surface area contributed by atoms with Crippen LogP contribution in [0.2, 0.25) is 0 Å². The van der Waals surface area contributed by atoms with Crippen molar-refractivity contribution < 1.29 is 4.42 Å². The summed E-state index contributed by atoms with van der Waals surface area (Å²) in [6.45, 7) is 0. The van der Waals surface area contributed by atoms with Gasteiger partial charge < -0.3 is 13.9 Å². The fourth-order valence-corrected chi connectivity index (χ4v) is 7.49. The number of para-hydroxylation sites is 3. The topological polar surface area (TPSA) is 21.3 Å². The Balaban J connectivity index is 1.15. The minimum Gasteiger partial charge on any atom is -0.456 e. The summed E-state index contributed by atoms with van der Waals surface area (Å²) in [4.78, 5) is 2.40. The van der Waals surface area contributed by atoms with Crippen molar-refractivity contribution in [3.05, 3.63) is 182 Å². The molecule has 0 aliphatic heterocycles. The summed E-state index contributed by atoms with van der Waals surface area (Å²) in [5.41, 5.74) is 11.0. The Bertz CT molecular complexity index is 2820. The van der Waals surface area contributed by atoms with Gasteiger partial charge in [-0.2, -0.15) is 0 Å². The van der Waals surface area contributed by atoms with E-state index in [0.717, 1.165) is 55.8 Å². The van der Waals surface area contributed by atoms with Gasteiger partial charge in [0.15, 0.2) is 0 Å². The molecule has 3 nitrogen and oxygen atoms in total. The van der Waals surface area contributed by atoms with Crippen molar-refractivity contribution in [1.82, 2.24) is 4.57 Å². The molecule has 0 atom stereocenters. The first kappa shape index (κ1) is 27.5. The Hall–Kier alpha value is -6.58. The zero-order valence-corrected chi connectivity index (χ0v) is 26.6. The van der Waals surface area contributed by atoms with Gasteiger partial charge in [-0.3, -0.25) is 0 Å². The molecular weight excluding hydrogens is 597 g/mol. The molecule has 0 unspecified atom stereocenters. The van der Waals surface area contributed by atoms with Crippen molar-refractivity contribution in [3.8, 4) is 16.8 Å². The molecule has 0 saturated carbocycles. The van der Waals surface area contributed by atoms with Gasteiger partial charge in [0, 0.05) is 44.0 Å². The van der Waals surface area contributed by atoms with Gasteiger partial charge >= 0.3 is 0 Å². The van der Waals surface area contributed by atoms with E-state index in [4.69, 9.17) is 4.42 Å². The third-order valence-electron chi connectivity index (χ3n) is 9.77. The largest absolute Gasteiger partial charge is 0.456 e. The van der Waals surface area contributed by atoms with Gasteiger partial charge in [0.2, 0.25) is 0 Å². The van der Waals surface area contributed by atoms with Crippen LogP contribution in [0.15, 0.2) is 186 Å². The first-order valence-corrected chi connectivity index (χ1v) is 16.7. The highest BCUT2D eigenvalue weighted by Crippen LogP contribution is 2.42. The molecule has 0 saturated heterocycles. The zero-order chi connectivity index (χ0) is 32.3. The molecule has 0 fully saturated rings. The third-order valence-corrected chi connectivity index (χ3v) is 9.77. The molecule has 49 heavy (non-hydrogen) atoms. The summed E-state index contributed by atoms with van der Waals surface area (Å²) in [5.74, 6) is 0. The van der Waals surface area contributed by atoms with Crippen molar-refractivity contribution in [2.75, 3.05) is 4.90 Å². The first-order valence-electron chi connectivity index (χ1n) is 16.7. The van der Waals surface area contributed by atoms with Crippen LogP contribution in [-0.4, -0.2) is 4.57 Å². The van der Waals surface area contributed by atoms with E-state index in [2.05, 4.69) is 179 Å². The Labute approximate surface area is 283 Å². The van der Waals surface area contributed by atoms with Gasteiger partial charge in [-0.15, -0.1) is 0 Å². The quantitative estimate of drug-likeness (QED) is 0.190. The predicted molar refractivity (Wildman–Crippen MR) is 206 cm³/mol. The smallest absolute Gasteiger partial charge is 0.135 e. The van der Waals surface area contributed by atoms with Crippen molar-refractivity contribution in [3.63, 3.8) is 0 Å². The Morgan fingerprint density at radius 2 is 1.04 bits per heavy atom. The van der Waals surface area contributed by atoms with Crippen LogP contribution in [0.3, 0.4) is 0 Å². The zero-order valence-electron chi connectivity index (χ0n) is 26.6. The van der Waals surface area contributed by atoms with E-state index >= 15 is 0 Å². The fourth-order valence-electron chi connectivity index (χ4n) is 7.49. The maximum atomic E-state index is 6.10. The molecule has 10 aromatic rings. The van der Waals surface area contributed by atoms with E-state index in [1.807, 2.05) is 12.1 Å². The molecular formula is C46H30N2O. The third kappa shape index (κ3) is 4.44. The fraction of sp³-hybridized carbons (Fsp3) is 0. The highest BCUT2D eigenvalue weighted by molar-refractivity contribution is 6.11. The van der Waals surface area contributed by atoms with Crippen LogP contribution in [0.25, 0.3) is 71.3 Å². The van der Waals surface area contributed by atoms with Gasteiger partial charge in [0.05, 0.1) is 16.7 Å². The Kier molecular flexibility index (Phi) is 6.18. The SMILES string of the molecule is c1ccc(-n2c3ccccc3c3cc(N(c4ccc(-c5ccc6oc7ccccc7c6c5)cc4)c4cccc5ccccc45)ccc32)cc1. The van der Waals surface area contributed by atoms with Crippen molar-refractivity contribution in [2.45, 2.75) is 0 Å². The monoisotopic (exact) mass is 626 g/mol. The van der Waals surface area contributed by atoms with Gasteiger partial charge in [-0.1, -0.05) is 109 Å². The van der Waals surface area contributed by atoms with Crippen LogP contribution in [0.4, 0.5) is 17.1 Å². The maximum Gasteiger partial charge on any atom is 0.135 e. The standard InChI is InChI=1S/C46H30N2O/c1-2-13-34(14-3-1)48-43-18-8-6-16-38(43)40-30-36(26-27-44(40)48)47(42-19-10-12-32-11-4-5-15-37(32)42)35-24-21-31(22-25-35)33-23-28-46-41(29-33)39-17-7-9-20-45(39)49-46/h1-30H. The number of anilines is 3. The average molecular weight is 627 g/mol. The van der Waals surface area contributed by atoms with E-state index < -0.39 is 0 Å². The minimum atomic E-state index is 0.910. The summed E-state index contributed by atoms with van der Waals surface area (Å²) in [6.07, 6.45) is 0. The predicted octanol–water partition coefficient (Wildman–Crippen LogP) is 13.0. The van der Waals surface area contributed by atoms with E-state index in [-0.39, 0.29) is 0 Å². The van der Waals surface area contributed by atoms with E-state index in [0.29, 0.717) is 0 Å². The molecule has 2 heterocycles. The van der Waals surface area contributed by atoms with Gasteiger partial charge in [-0.05, 0) is 89.3 Å². The van der Waals surface area contributed by atoms with Crippen molar-refractivity contribution >= 4 is 71.6 Å². The number of benzene rings is 8. The van der Waals surface area contributed by atoms with E-state index in [1.54, 1.807) is 0 Å². The molecule has 10 rings (SSSR count). The number of aromatic nitrogens is 1. The Morgan fingerprint density at radius 3 is 1.92 bits per heavy atom. The highest BCUT2D eigenvalue weighted by Gasteiger charge is 2.19. The summed E-state index contributed by atoms with van der Waals surface area (Å²) in [6, 6.07) is 65.1. The number of nitrogens with zero attached hydrogens (tertiary/aromatic N) is 2. The van der Waals surface area contributed by atoms with Gasteiger partial charge in [0.1, 0.15) is 11.2 Å². The molecule has 0 radical (unpaired) electrons. The van der Waals surface area contributed by atoms with E-state index in [1.165, 1.54) is 32.6 Å². The van der Waals surface area contributed by atoms with Crippen LogP contribution >= 0.6 is 0 Å². The first-order chi connectivity index (χ1) is 24.3.